The highest BCUT2D eigenvalue weighted by molar-refractivity contribution is 5.04. The molecule has 1 aliphatic carbocycles. The largest absolute Gasteiger partial charge is 0.381 e. The first-order chi connectivity index (χ1) is 8.83. The second-order valence-corrected chi connectivity index (χ2v) is 5.59. The third-order valence-corrected chi connectivity index (χ3v) is 4.21. The van der Waals surface area contributed by atoms with Crippen molar-refractivity contribution in [3.63, 3.8) is 0 Å². The highest BCUT2D eigenvalue weighted by atomic mass is 16.5. The molecule has 0 radical (unpaired) electrons. The molecule has 1 saturated carbocycles. The molecule has 5 nitrogen and oxygen atoms in total. The van der Waals surface area contributed by atoms with Gasteiger partial charge in [-0.3, -0.25) is 5.10 Å². The molecule has 2 heterocycles. The average Bonchev–Trinajstić information content (AvgIpc) is 2.89. The Kier molecular flexibility index (Phi) is 3.61. The fraction of sp³-hybridized carbons (Fsp3) is 0.846. The minimum atomic E-state index is 0.328. The van der Waals surface area contributed by atoms with E-state index in [2.05, 4.69) is 10.2 Å². The second-order valence-electron chi connectivity index (χ2n) is 5.59. The van der Waals surface area contributed by atoms with E-state index in [1.165, 1.54) is 12.8 Å². The molecule has 1 saturated heterocycles. The Balaban J connectivity index is 1.68. The minimum absolute atomic E-state index is 0.328. The predicted molar refractivity (Wildman–Crippen MR) is 68.4 cm³/mol. The Labute approximate surface area is 108 Å². The number of nitrogens with zero attached hydrogens (tertiary/aromatic N) is 2. The number of H-pyrrole nitrogens is 1. The van der Waals surface area contributed by atoms with Crippen molar-refractivity contribution < 1.29 is 4.74 Å². The van der Waals surface area contributed by atoms with E-state index in [-0.39, 0.29) is 0 Å². The quantitative estimate of drug-likeness (QED) is 0.837. The van der Waals surface area contributed by atoms with Gasteiger partial charge in [0.05, 0.1) is 0 Å². The molecule has 18 heavy (non-hydrogen) atoms. The van der Waals surface area contributed by atoms with Gasteiger partial charge in [0.1, 0.15) is 5.82 Å². The lowest BCUT2D eigenvalue weighted by Crippen LogP contribution is -2.27. The summed E-state index contributed by atoms with van der Waals surface area (Å²) in [5, 5.41) is 7.55. The van der Waals surface area contributed by atoms with E-state index in [0.717, 1.165) is 50.5 Å². The van der Waals surface area contributed by atoms with Gasteiger partial charge in [-0.25, -0.2) is 4.98 Å². The van der Waals surface area contributed by atoms with Crippen molar-refractivity contribution in [3.8, 4) is 0 Å². The Morgan fingerprint density at radius 3 is 2.72 bits per heavy atom. The maximum atomic E-state index is 6.03. The van der Waals surface area contributed by atoms with Crippen molar-refractivity contribution in [2.45, 2.75) is 56.4 Å². The van der Waals surface area contributed by atoms with Crippen LogP contribution >= 0.6 is 0 Å². The molecule has 0 amide bonds. The predicted octanol–water partition coefficient (Wildman–Crippen LogP) is 1.68. The van der Waals surface area contributed by atoms with E-state index < -0.39 is 0 Å². The van der Waals surface area contributed by atoms with E-state index in [4.69, 9.17) is 15.5 Å². The highest BCUT2D eigenvalue weighted by Crippen LogP contribution is 2.31. The highest BCUT2D eigenvalue weighted by Gasteiger charge is 2.26. The van der Waals surface area contributed by atoms with E-state index in [0.29, 0.717) is 17.9 Å². The van der Waals surface area contributed by atoms with Gasteiger partial charge in [-0.2, -0.15) is 5.10 Å². The van der Waals surface area contributed by atoms with Gasteiger partial charge in [-0.1, -0.05) is 6.42 Å². The maximum Gasteiger partial charge on any atom is 0.153 e. The third-order valence-electron chi connectivity index (χ3n) is 4.21. The zero-order chi connectivity index (χ0) is 12.4. The molecule has 1 aliphatic heterocycles. The Hall–Kier alpha value is -0.940. The lowest BCUT2D eigenvalue weighted by molar-refractivity contribution is 0.0836. The van der Waals surface area contributed by atoms with Gasteiger partial charge in [0, 0.05) is 31.1 Å². The number of aromatic nitrogens is 3. The van der Waals surface area contributed by atoms with Gasteiger partial charge < -0.3 is 10.5 Å². The van der Waals surface area contributed by atoms with Crippen LogP contribution in [0.25, 0.3) is 0 Å². The molecule has 2 fully saturated rings. The summed E-state index contributed by atoms with van der Waals surface area (Å²) in [5.41, 5.74) is 6.03. The van der Waals surface area contributed by atoms with Crippen LogP contribution in [-0.2, 0) is 4.74 Å². The molecule has 3 rings (SSSR count). The lowest BCUT2D eigenvalue weighted by atomic mass is 9.86. The van der Waals surface area contributed by atoms with Gasteiger partial charge in [0.25, 0.3) is 0 Å². The van der Waals surface area contributed by atoms with E-state index in [1.54, 1.807) is 0 Å². The van der Waals surface area contributed by atoms with Crippen molar-refractivity contribution in [3.05, 3.63) is 11.6 Å². The van der Waals surface area contributed by atoms with Gasteiger partial charge in [-0.05, 0) is 32.1 Å². The first kappa shape index (κ1) is 12.1. The number of aromatic amines is 1. The zero-order valence-electron chi connectivity index (χ0n) is 10.8. The van der Waals surface area contributed by atoms with E-state index >= 15 is 0 Å². The third kappa shape index (κ3) is 2.57. The monoisotopic (exact) mass is 250 g/mol. The van der Waals surface area contributed by atoms with Crippen LogP contribution in [0.1, 0.15) is 62.0 Å². The van der Waals surface area contributed by atoms with Crippen LogP contribution in [0.4, 0.5) is 0 Å². The molecular weight excluding hydrogens is 228 g/mol. The molecule has 2 aliphatic rings. The molecule has 100 valence electrons. The lowest BCUT2D eigenvalue weighted by Gasteiger charge is -2.24. The fourth-order valence-electron chi connectivity index (χ4n) is 3.09. The SMILES string of the molecule is N[C@H]1CCC[C@@H](c2n[nH]c(C3CCOCC3)n2)C1. The van der Waals surface area contributed by atoms with Gasteiger partial charge in [0.2, 0.25) is 0 Å². The summed E-state index contributed by atoms with van der Waals surface area (Å²) in [7, 11) is 0. The first-order valence-electron chi connectivity index (χ1n) is 7.08. The number of nitrogens with one attached hydrogen (secondary N) is 1. The van der Waals surface area contributed by atoms with Crippen LogP contribution in [0.5, 0.6) is 0 Å². The summed E-state index contributed by atoms with van der Waals surface area (Å²) in [4.78, 5) is 4.71. The van der Waals surface area contributed by atoms with Crippen LogP contribution in [0.15, 0.2) is 0 Å². The van der Waals surface area contributed by atoms with Crippen molar-refractivity contribution in [2.24, 2.45) is 5.73 Å². The maximum absolute atomic E-state index is 6.03. The van der Waals surface area contributed by atoms with Crippen LogP contribution in [0.2, 0.25) is 0 Å². The number of ether oxygens (including phenoxy) is 1. The smallest absolute Gasteiger partial charge is 0.153 e. The van der Waals surface area contributed by atoms with Gasteiger partial charge in [-0.15, -0.1) is 0 Å². The van der Waals surface area contributed by atoms with Gasteiger partial charge >= 0.3 is 0 Å². The summed E-state index contributed by atoms with van der Waals surface area (Å²) in [5.74, 6) is 2.98. The molecule has 2 atom stereocenters. The molecule has 0 bridgehead atoms. The Morgan fingerprint density at radius 1 is 1.11 bits per heavy atom. The first-order valence-corrected chi connectivity index (χ1v) is 7.08. The molecular formula is C13H22N4O. The normalized spacial score (nSPS) is 30.5. The zero-order valence-corrected chi connectivity index (χ0v) is 10.8. The Bertz CT molecular complexity index is 386. The molecule has 0 unspecified atom stereocenters. The average molecular weight is 250 g/mol. The van der Waals surface area contributed by atoms with E-state index in [9.17, 15) is 0 Å². The minimum Gasteiger partial charge on any atom is -0.381 e. The number of hydrogen-bond acceptors (Lipinski definition) is 4. The van der Waals surface area contributed by atoms with E-state index in [1.807, 2.05) is 0 Å². The number of rotatable bonds is 2. The molecule has 1 aromatic rings. The van der Waals surface area contributed by atoms with Crippen LogP contribution in [-0.4, -0.2) is 34.4 Å². The topological polar surface area (TPSA) is 76.8 Å². The van der Waals surface area contributed by atoms with Crippen molar-refractivity contribution in [1.29, 1.82) is 0 Å². The summed E-state index contributed by atoms with van der Waals surface area (Å²) in [6, 6.07) is 0.328. The van der Waals surface area contributed by atoms with Gasteiger partial charge in [0.15, 0.2) is 5.82 Å². The molecule has 3 N–H and O–H groups in total. The van der Waals surface area contributed by atoms with Crippen LogP contribution in [0, 0.1) is 0 Å². The number of nitrogens with two attached hydrogens (primary N) is 1. The fourth-order valence-corrected chi connectivity index (χ4v) is 3.09. The summed E-state index contributed by atoms with van der Waals surface area (Å²) in [6.45, 7) is 1.68. The number of hydrogen-bond donors (Lipinski definition) is 2. The second kappa shape index (κ2) is 5.36. The van der Waals surface area contributed by atoms with Crippen LogP contribution in [0.3, 0.4) is 0 Å². The summed E-state index contributed by atoms with van der Waals surface area (Å²) in [6.07, 6.45) is 6.67. The Morgan fingerprint density at radius 2 is 1.94 bits per heavy atom. The molecule has 0 aromatic carbocycles. The molecule has 1 aromatic heterocycles. The summed E-state index contributed by atoms with van der Waals surface area (Å²) >= 11 is 0. The standard InChI is InChI=1S/C13H22N4O/c14-11-3-1-2-10(8-11)13-15-12(16-17-13)9-4-6-18-7-5-9/h9-11H,1-8,14H2,(H,15,16,17)/t10-,11+/m1/s1. The van der Waals surface area contributed by atoms with Crippen molar-refractivity contribution >= 4 is 0 Å². The van der Waals surface area contributed by atoms with Crippen molar-refractivity contribution in [1.82, 2.24) is 15.2 Å². The summed E-state index contributed by atoms with van der Waals surface area (Å²) < 4.78 is 5.38. The molecule has 0 spiro atoms. The van der Waals surface area contributed by atoms with Crippen LogP contribution < -0.4 is 5.73 Å². The molecule has 5 heteroatoms. The van der Waals surface area contributed by atoms with Crippen molar-refractivity contribution in [2.75, 3.05) is 13.2 Å².